The minimum atomic E-state index is -1.24. The zero-order valence-electron chi connectivity index (χ0n) is 31.4. The fraction of sp³-hybridized carbons (Fsp3) is 0.818. The lowest BCUT2D eigenvalue weighted by Crippen LogP contribution is -2.47. The third-order valence-electron chi connectivity index (χ3n) is 5.88. The van der Waals surface area contributed by atoms with E-state index < -0.39 is 53.0 Å². The molecular weight excluding hydrogens is 638 g/mol. The molecule has 0 fully saturated rings. The Labute approximate surface area is 292 Å². The number of nitrogens with zero attached hydrogens (tertiary/aromatic N) is 1. The van der Waals surface area contributed by atoms with Crippen LogP contribution in [-0.2, 0) is 28.5 Å². The van der Waals surface area contributed by atoms with Crippen LogP contribution >= 0.6 is 0 Å². The zero-order chi connectivity index (χ0) is 37.5. The maximum absolute atomic E-state index is 12.5. The largest absolute Gasteiger partial charge is 0.444 e. The first kappa shape index (κ1) is 45.3. The number of nitrogens with one attached hydrogen (secondary N) is 6. The van der Waals surface area contributed by atoms with Crippen LogP contribution in [0.2, 0.25) is 0 Å². The van der Waals surface area contributed by atoms with E-state index >= 15 is 0 Å². The molecule has 0 aromatic heterocycles. The van der Waals surface area contributed by atoms with Crippen LogP contribution in [0.15, 0.2) is 4.99 Å². The van der Waals surface area contributed by atoms with Crippen LogP contribution in [0.4, 0.5) is 14.4 Å². The maximum atomic E-state index is 12.5. The SMILES string of the molecule is COC(C(=O)NCCCCCCN=C(NC(=O)OC(C)(C)C)NC(=O)OC(C)(C)C)C(=O)NCCCCNCCCNC(=O)OC(C)(C)C. The maximum Gasteiger partial charge on any atom is 0.414 e. The Balaban J connectivity index is 4.27. The van der Waals surface area contributed by atoms with Crippen LogP contribution in [0.1, 0.15) is 107 Å². The summed E-state index contributed by atoms with van der Waals surface area (Å²) in [5.74, 6) is -1.06. The Morgan fingerprint density at radius 3 is 1.43 bits per heavy atom. The summed E-state index contributed by atoms with van der Waals surface area (Å²) in [4.78, 5) is 65.2. The zero-order valence-corrected chi connectivity index (χ0v) is 31.4. The van der Waals surface area contributed by atoms with Crippen molar-refractivity contribution in [3.05, 3.63) is 0 Å². The minimum absolute atomic E-state index is 0.0714. The molecule has 0 saturated carbocycles. The van der Waals surface area contributed by atoms with Crippen LogP contribution in [-0.4, -0.2) is 105 Å². The molecule has 0 rings (SSSR count). The lowest BCUT2D eigenvalue weighted by atomic mass is 10.2. The third-order valence-corrected chi connectivity index (χ3v) is 5.88. The number of carbonyl (C=O) groups excluding carboxylic acids is 5. The van der Waals surface area contributed by atoms with Crippen LogP contribution in [0.3, 0.4) is 0 Å². The molecule has 16 heteroatoms. The summed E-state index contributed by atoms with van der Waals surface area (Å²) in [5.41, 5.74) is -1.98. The second-order valence-electron chi connectivity index (χ2n) is 14.3. The van der Waals surface area contributed by atoms with Gasteiger partial charge in [0, 0.05) is 33.3 Å². The molecule has 1 unspecified atom stereocenters. The van der Waals surface area contributed by atoms with Gasteiger partial charge < -0.3 is 40.2 Å². The Morgan fingerprint density at radius 1 is 0.531 bits per heavy atom. The number of guanidine groups is 1. The van der Waals surface area contributed by atoms with E-state index in [9.17, 15) is 24.0 Å². The highest BCUT2D eigenvalue weighted by molar-refractivity contribution is 6.03. The highest BCUT2D eigenvalue weighted by atomic mass is 16.6. The van der Waals surface area contributed by atoms with Gasteiger partial charge in [-0.15, -0.1) is 0 Å². The molecule has 0 aromatic carbocycles. The van der Waals surface area contributed by atoms with E-state index in [1.54, 1.807) is 41.5 Å². The van der Waals surface area contributed by atoms with Crippen molar-refractivity contribution in [1.29, 1.82) is 0 Å². The van der Waals surface area contributed by atoms with Crippen molar-refractivity contribution in [1.82, 2.24) is 31.9 Å². The monoisotopic (exact) mass is 701 g/mol. The molecule has 0 radical (unpaired) electrons. The van der Waals surface area contributed by atoms with Gasteiger partial charge in [-0.25, -0.2) is 14.4 Å². The van der Waals surface area contributed by atoms with E-state index in [1.807, 2.05) is 20.8 Å². The Morgan fingerprint density at radius 2 is 0.939 bits per heavy atom. The quantitative estimate of drug-likeness (QED) is 0.0380. The molecule has 0 aromatic rings. The van der Waals surface area contributed by atoms with Crippen molar-refractivity contribution < 1.29 is 42.9 Å². The van der Waals surface area contributed by atoms with E-state index in [1.165, 1.54) is 7.11 Å². The third kappa shape index (κ3) is 27.9. The first-order valence-electron chi connectivity index (χ1n) is 17.0. The first-order valence-corrected chi connectivity index (χ1v) is 17.0. The molecule has 49 heavy (non-hydrogen) atoms. The standard InChI is InChI=1S/C33H63N7O9/c1-31(2,3)47-28(43)38-23-17-19-34-18-15-16-21-36-26(42)24(46-10)25(41)35-20-13-11-12-14-22-37-27(39-29(44)48-32(4,5)6)40-30(45)49-33(7,8)9/h24,34H,11-23H2,1-10H3,(H,35,41)(H,36,42)(H,38,43)(H2,37,39,40,44,45). The average molecular weight is 702 g/mol. The van der Waals surface area contributed by atoms with Crippen LogP contribution < -0.4 is 31.9 Å². The predicted octanol–water partition coefficient (Wildman–Crippen LogP) is 3.48. The number of hydrogen-bond acceptors (Lipinski definition) is 11. The molecule has 16 nitrogen and oxygen atoms in total. The van der Waals surface area contributed by atoms with Gasteiger partial charge in [-0.1, -0.05) is 12.8 Å². The van der Waals surface area contributed by atoms with Gasteiger partial charge in [-0.3, -0.25) is 25.2 Å². The van der Waals surface area contributed by atoms with Gasteiger partial charge in [0.05, 0.1) is 0 Å². The van der Waals surface area contributed by atoms with E-state index in [-0.39, 0.29) is 5.96 Å². The molecular formula is C33H63N7O9. The molecule has 0 spiro atoms. The van der Waals surface area contributed by atoms with E-state index in [4.69, 9.17) is 18.9 Å². The summed E-state index contributed by atoms with van der Waals surface area (Å²) >= 11 is 0. The number of ether oxygens (including phenoxy) is 4. The Hall–Kier alpha value is -3.66. The number of hydrogen-bond donors (Lipinski definition) is 6. The number of amides is 5. The number of rotatable bonds is 19. The van der Waals surface area contributed by atoms with E-state index in [0.717, 1.165) is 45.2 Å². The van der Waals surface area contributed by atoms with Crippen molar-refractivity contribution in [2.75, 3.05) is 46.4 Å². The molecule has 0 aliphatic heterocycles. The van der Waals surface area contributed by atoms with Crippen molar-refractivity contribution in [3.63, 3.8) is 0 Å². The summed E-state index contributed by atoms with van der Waals surface area (Å²) in [6.07, 6.45) is 2.04. The molecule has 5 amide bonds. The minimum Gasteiger partial charge on any atom is -0.444 e. The summed E-state index contributed by atoms with van der Waals surface area (Å²) in [6, 6.07) is 0. The highest BCUT2D eigenvalue weighted by Gasteiger charge is 2.25. The Kier molecular flexibility index (Phi) is 21.9. The Bertz CT molecular complexity index is 1020. The van der Waals surface area contributed by atoms with Gasteiger partial charge >= 0.3 is 18.3 Å². The average Bonchev–Trinajstić information content (AvgIpc) is 2.92. The van der Waals surface area contributed by atoms with Gasteiger partial charge in [-0.05, 0) is 108 Å². The van der Waals surface area contributed by atoms with Gasteiger partial charge in [-0.2, -0.15) is 0 Å². The second-order valence-corrected chi connectivity index (χ2v) is 14.3. The number of carbonyl (C=O) groups is 5. The number of aliphatic imine (C=N–C) groups is 1. The molecule has 1 atom stereocenters. The molecule has 284 valence electrons. The summed E-state index contributed by atoms with van der Waals surface area (Å²) in [7, 11) is 1.32. The number of alkyl carbamates (subject to hydrolysis) is 3. The summed E-state index contributed by atoms with van der Waals surface area (Å²) in [6.45, 7) is 18.9. The fourth-order valence-electron chi connectivity index (χ4n) is 3.85. The molecule has 0 bridgehead atoms. The van der Waals surface area contributed by atoms with E-state index in [2.05, 4.69) is 36.9 Å². The van der Waals surface area contributed by atoms with Crippen molar-refractivity contribution in [3.8, 4) is 0 Å². The lowest BCUT2D eigenvalue weighted by molar-refractivity contribution is -0.143. The normalized spacial score (nSPS) is 12.2. The first-order chi connectivity index (χ1) is 22.7. The molecule has 0 saturated heterocycles. The van der Waals surface area contributed by atoms with Crippen molar-refractivity contribution in [2.24, 2.45) is 4.99 Å². The van der Waals surface area contributed by atoms with Gasteiger partial charge in [0.2, 0.25) is 12.1 Å². The summed E-state index contributed by atoms with van der Waals surface area (Å²) in [5, 5.41) is 16.4. The molecule has 0 heterocycles. The molecule has 6 N–H and O–H groups in total. The van der Waals surface area contributed by atoms with Crippen LogP contribution in [0.5, 0.6) is 0 Å². The number of methoxy groups -OCH3 is 1. The number of unbranched alkanes of at least 4 members (excludes halogenated alkanes) is 4. The van der Waals surface area contributed by atoms with E-state index in [0.29, 0.717) is 39.0 Å². The smallest absolute Gasteiger partial charge is 0.414 e. The second kappa shape index (κ2) is 23.7. The van der Waals surface area contributed by atoms with Crippen molar-refractivity contribution >= 4 is 36.1 Å². The lowest BCUT2D eigenvalue weighted by Gasteiger charge is -2.22. The van der Waals surface area contributed by atoms with Crippen LogP contribution in [0.25, 0.3) is 0 Å². The topological polar surface area (TPSA) is 207 Å². The molecule has 0 aliphatic rings. The molecule has 0 aliphatic carbocycles. The van der Waals surface area contributed by atoms with Gasteiger partial charge in [0.15, 0.2) is 0 Å². The summed E-state index contributed by atoms with van der Waals surface area (Å²) < 4.78 is 20.8. The predicted molar refractivity (Wildman–Crippen MR) is 187 cm³/mol. The van der Waals surface area contributed by atoms with Gasteiger partial charge in [0.1, 0.15) is 16.8 Å². The van der Waals surface area contributed by atoms with Gasteiger partial charge in [0.25, 0.3) is 11.8 Å². The highest BCUT2D eigenvalue weighted by Crippen LogP contribution is 2.08. The van der Waals surface area contributed by atoms with Crippen molar-refractivity contribution in [2.45, 2.75) is 130 Å². The fourth-order valence-corrected chi connectivity index (χ4v) is 3.85. The van der Waals surface area contributed by atoms with Crippen LogP contribution in [0, 0.1) is 0 Å².